The van der Waals surface area contributed by atoms with Crippen molar-refractivity contribution in [2.75, 3.05) is 20.1 Å². The van der Waals surface area contributed by atoms with Crippen molar-refractivity contribution < 1.29 is 3.89 Å². The Hall–Kier alpha value is -2.64. The number of hydrogen-bond acceptors (Lipinski definition) is 5. The van der Waals surface area contributed by atoms with E-state index in [0.717, 1.165) is 49.1 Å². The van der Waals surface area contributed by atoms with Crippen LogP contribution >= 0.6 is 12.1 Å². The first-order valence-electron chi connectivity index (χ1n) is 16.7. The van der Waals surface area contributed by atoms with Crippen LogP contribution in [-0.2, 0) is 6.42 Å². The minimum absolute atomic E-state index is 0.0192. The fourth-order valence-corrected chi connectivity index (χ4v) is 10.3. The van der Waals surface area contributed by atoms with Gasteiger partial charge in [-0.2, -0.15) is 3.89 Å². The molecule has 3 fully saturated rings. The number of rotatable bonds is 7. The third-order valence-electron chi connectivity index (χ3n) is 12.0. The highest BCUT2D eigenvalue weighted by Crippen LogP contribution is 2.57. The maximum atomic E-state index is 13.9. The smallest absolute Gasteiger partial charge is 0.110 e. The predicted octanol–water partition coefficient (Wildman–Crippen LogP) is 7.90. The first kappa shape index (κ1) is 30.0. The van der Waals surface area contributed by atoms with Crippen molar-refractivity contribution in [3.05, 3.63) is 72.2 Å². The van der Waals surface area contributed by atoms with Gasteiger partial charge in [0.15, 0.2) is 0 Å². The molecule has 7 heteroatoms. The summed E-state index contributed by atoms with van der Waals surface area (Å²) in [6.45, 7) is 28.2. The molecular formula is C37H50FN5S. The SMILES string of the molecule is C=C(NC1(C(C)C)CC2(C)C3CCCN3C(=C)C(CC(C)C)N2C1=C)C1C=C2c3cccc4[nH]c(SF)c(c34)CC2N(C)C1. The summed E-state index contributed by atoms with van der Waals surface area (Å²) < 4.78 is 13.9. The Labute approximate surface area is 268 Å². The lowest BCUT2D eigenvalue weighted by molar-refractivity contribution is 0.00464. The van der Waals surface area contributed by atoms with Crippen LogP contribution < -0.4 is 5.32 Å². The van der Waals surface area contributed by atoms with Gasteiger partial charge < -0.3 is 20.1 Å². The molecule has 0 spiro atoms. The van der Waals surface area contributed by atoms with E-state index in [4.69, 9.17) is 19.7 Å². The molecule has 4 aliphatic heterocycles. The number of benzene rings is 1. The minimum atomic E-state index is -0.290. The first-order valence-corrected chi connectivity index (χ1v) is 17.4. The van der Waals surface area contributed by atoms with Gasteiger partial charge in [0, 0.05) is 59.5 Å². The van der Waals surface area contributed by atoms with Gasteiger partial charge in [-0.3, -0.25) is 4.90 Å². The number of H-pyrrole nitrogens is 1. The molecule has 5 heterocycles. The third-order valence-corrected chi connectivity index (χ3v) is 12.5. The molecule has 6 unspecified atom stereocenters. The Balaban J connectivity index is 1.25. The van der Waals surface area contributed by atoms with E-state index in [9.17, 15) is 3.89 Å². The number of aromatic nitrogens is 1. The van der Waals surface area contributed by atoms with Crippen molar-refractivity contribution in [3.8, 4) is 0 Å². The van der Waals surface area contributed by atoms with Gasteiger partial charge in [-0.1, -0.05) is 65.6 Å². The molecule has 1 aromatic heterocycles. The molecule has 6 atom stereocenters. The topological polar surface area (TPSA) is 37.5 Å². The number of piperazine rings is 1. The van der Waals surface area contributed by atoms with Gasteiger partial charge in [0.25, 0.3) is 0 Å². The fourth-order valence-electron chi connectivity index (χ4n) is 9.85. The molecule has 0 radical (unpaired) electrons. The van der Waals surface area contributed by atoms with E-state index in [1.165, 1.54) is 40.8 Å². The van der Waals surface area contributed by atoms with Crippen molar-refractivity contribution in [3.63, 3.8) is 0 Å². The Bertz CT molecular complexity index is 1570. The highest BCUT2D eigenvalue weighted by atomic mass is 32.2. The summed E-state index contributed by atoms with van der Waals surface area (Å²) in [6, 6.07) is 7.31. The number of nitrogens with zero attached hydrogens (tertiary/aromatic N) is 3. The summed E-state index contributed by atoms with van der Waals surface area (Å²) in [5.41, 5.74) is 7.93. The third kappa shape index (κ3) is 4.13. The monoisotopic (exact) mass is 615 g/mol. The van der Waals surface area contributed by atoms with E-state index < -0.39 is 0 Å². The summed E-state index contributed by atoms with van der Waals surface area (Å²) in [4.78, 5) is 11.1. The van der Waals surface area contributed by atoms with Gasteiger partial charge in [-0.25, -0.2) is 0 Å². The molecule has 5 aliphatic rings. The molecule has 44 heavy (non-hydrogen) atoms. The van der Waals surface area contributed by atoms with Crippen LogP contribution in [0.1, 0.15) is 71.4 Å². The molecular weight excluding hydrogens is 566 g/mol. The quantitative estimate of drug-likeness (QED) is 0.331. The van der Waals surface area contributed by atoms with Crippen LogP contribution in [-0.4, -0.2) is 69.0 Å². The zero-order valence-corrected chi connectivity index (χ0v) is 28.3. The number of likely N-dealkylation sites (N-methyl/N-ethyl adjacent to an activating group) is 1. The first-order chi connectivity index (χ1) is 20.9. The summed E-state index contributed by atoms with van der Waals surface area (Å²) in [5, 5.41) is 5.94. The number of halogens is 1. The van der Waals surface area contributed by atoms with Gasteiger partial charge in [0.2, 0.25) is 0 Å². The van der Waals surface area contributed by atoms with E-state index in [1.54, 1.807) is 0 Å². The van der Waals surface area contributed by atoms with Gasteiger partial charge >= 0.3 is 0 Å². The van der Waals surface area contributed by atoms with Crippen LogP contribution in [0.25, 0.3) is 16.5 Å². The lowest BCUT2D eigenvalue weighted by Gasteiger charge is -2.56. The number of nitrogens with one attached hydrogen (secondary N) is 2. The second-order valence-electron chi connectivity index (χ2n) is 15.2. The average molecular weight is 616 g/mol. The maximum absolute atomic E-state index is 13.9. The second kappa shape index (κ2) is 10.4. The van der Waals surface area contributed by atoms with Crippen LogP contribution in [0.2, 0.25) is 0 Å². The molecule has 2 aromatic rings. The van der Waals surface area contributed by atoms with Crippen molar-refractivity contribution in [1.82, 2.24) is 25.0 Å². The summed E-state index contributed by atoms with van der Waals surface area (Å²) in [6.07, 6.45) is 7.80. The highest BCUT2D eigenvalue weighted by Gasteiger charge is 2.64. The Morgan fingerprint density at radius 3 is 2.70 bits per heavy atom. The van der Waals surface area contributed by atoms with Crippen LogP contribution in [0.3, 0.4) is 0 Å². The molecule has 7 rings (SSSR count). The lowest BCUT2D eigenvalue weighted by atomic mass is 9.74. The van der Waals surface area contributed by atoms with Crippen molar-refractivity contribution >= 4 is 28.6 Å². The summed E-state index contributed by atoms with van der Waals surface area (Å²) >= 11 is 0.333. The molecule has 0 bridgehead atoms. The maximum Gasteiger partial charge on any atom is 0.110 e. The zero-order valence-electron chi connectivity index (χ0n) is 27.5. The standard InChI is InChI=1S/C37H50FN5S/c1-21(2)16-31-24(6)42-15-11-14-33(42)36(8)20-37(22(3)4,25(7)43(31)36)40-23(5)26-17-28-27-12-10-13-30-34(27)29(35(39-30)44-38)18-32(28)41(9)19-26/h10,12-13,17,21-22,26,31-33,39-40H,5-7,11,14-16,18-20H2,1-4,8-9H3. The van der Waals surface area contributed by atoms with Crippen LogP contribution in [0.15, 0.2) is 66.1 Å². The van der Waals surface area contributed by atoms with Gasteiger partial charge in [0.1, 0.15) is 5.03 Å². The summed E-state index contributed by atoms with van der Waals surface area (Å²) in [5.74, 6) is 1.05. The molecule has 2 N–H and O–H groups in total. The van der Waals surface area contributed by atoms with E-state index >= 15 is 0 Å². The van der Waals surface area contributed by atoms with Crippen LogP contribution in [0.4, 0.5) is 3.89 Å². The molecule has 3 saturated heterocycles. The van der Waals surface area contributed by atoms with E-state index in [-0.39, 0.29) is 29.1 Å². The van der Waals surface area contributed by atoms with E-state index in [0.29, 0.717) is 35.1 Å². The Morgan fingerprint density at radius 2 is 2.00 bits per heavy atom. The number of aromatic amines is 1. The fraction of sp³-hybridized carbons (Fsp3) is 0.568. The highest BCUT2D eigenvalue weighted by molar-refractivity contribution is 7.94. The van der Waals surface area contributed by atoms with Crippen molar-refractivity contribution in [2.24, 2.45) is 17.8 Å². The second-order valence-corrected chi connectivity index (χ2v) is 15.8. The molecule has 236 valence electrons. The lowest BCUT2D eigenvalue weighted by Crippen LogP contribution is -2.64. The minimum Gasteiger partial charge on any atom is -0.377 e. The summed E-state index contributed by atoms with van der Waals surface area (Å²) in [7, 11) is 2.21. The molecule has 1 aromatic carbocycles. The number of hydrogen-bond donors (Lipinski definition) is 2. The Morgan fingerprint density at radius 1 is 1.23 bits per heavy atom. The molecule has 0 saturated carbocycles. The molecule has 0 amide bonds. The van der Waals surface area contributed by atoms with Gasteiger partial charge in [-0.15, -0.1) is 0 Å². The number of fused-ring (bicyclic) bond motifs is 5. The zero-order chi connectivity index (χ0) is 31.3. The molecule has 1 aliphatic carbocycles. The van der Waals surface area contributed by atoms with Crippen LogP contribution in [0, 0.1) is 17.8 Å². The molecule has 5 nitrogen and oxygen atoms in total. The van der Waals surface area contributed by atoms with Crippen LogP contribution in [0.5, 0.6) is 0 Å². The van der Waals surface area contributed by atoms with E-state index in [2.05, 4.69) is 90.9 Å². The van der Waals surface area contributed by atoms with Gasteiger partial charge in [0.05, 0.1) is 35.3 Å². The van der Waals surface area contributed by atoms with Crippen molar-refractivity contribution in [2.45, 2.75) is 101 Å². The average Bonchev–Trinajstić information content (AvgIpc) is 3.67. The van der Waals surface area contributed by atoms with Crippen molar-refractivity contribution in [1.29, 1.82) is 0 Å². The van der Waals surface area contributed by atoms with Gasteiger partial charge in [-0.05, 0) is 74.3 Å². The largest absolute Gasteiger partial charge is 0.377 e. The normalized spacial score (nSPS) is 33.2. The predicted molar refractivity (Wildman–Crippen MR) is 183 cm³/mol. The Kier molecular flexibility index (Phi) is 7.13. The van der Waals surface area contributed by atoms with E-state index in [1.807, 2.05) is 0 Å².